The van der Waals surface area contributed by atoms with Crippen LogP contribution in [0.15, 0.2) is 0 Å². The molecule has 0 aromatic carbocycles. The Balaban J connectivity index is 2.01. The SMILES string of the molecule is CN[C@@H](C1CCCCC1)C1(O)CCCC1. The van der Waals surface area contributed by atoms with Crippen LogP contribution in [0.1, 0.15) is 57.8 Å². The normalized spacial score (nSPS) is 29.2. The van der Waals surface area contributed by atoms with Gasteiger partial charge in [0.1, 0.15) is 0 Å². The van der Waals surface area contributed by atoms with Gasteiger partial charge in [-0.2, -0.15) is 0 Å². The van der Waals surface area contributed by atoms with Crippen molar-refractivity contribution in [1.29, 1.82) is 0 Å². The Bertz CT molecular complexity index is 193. The van der Waals surface area contributed by atoms with E-state index in [1.54, 1.807) is 0 Å². The molecule has 1 atom stereocenters. The van der Waals surface area contributed by atoms with Gasteiger partial charge in [0.05, 0.1) is 5.60 Å². The van der Waals surface area contributed by atoms with Crippen LogP contribution in [0.3, 0.4) is 0 Å². The zero-order valence-corrected chi connectivity index (χ0v) is 9.97. The van der Waals surface area contributed by atoms with E-state index in [4.69, 9.17) is 0 Å². The van der Waals surface area contributed by atoms with E-state index in [0.717, 1.165) is 12.8 Å². The number of aliphatic hydroxyl groups is 1. The Labute approximate surface area is 93.5 Å². The summed E-state index contributed by atoms with van der Waals surface area (Å²) in [5, 5.41) is 14.0. The maximum absolute atomic E-state index is 10.6. The summed E-state index contributed by atoms with van der Waals surface area (Å²) in [5.74, 6) is 0.715. The van der Waals surface area contributed by atoms with E-state index in [0.29, 0.717) is 12.0 Å². The lowest BCUT2D eigenvalue weighted by molar-refractivity contribution is -0.0167. The number of hydrogen-bond donors (Lipinski definition) is 2. The van der Waals surface area contributed by atoms with E-state index >= 15 is 0 Å². The Morgan fingerprint density at radius 2 is 1.67 bits per heavy atom. The molecule has 0 heterocycles. The Hall–Kier alpha value is -0.0800. The molecule has 15 heavy (non-hydrogen) atoms. The Morgan fingerprint density at radius 3 is 2.20 bits per heavy atom. The van der Waals surface area contributed by atoms with E-state index in [9.17, 15) is 5.11 Å². The smallest absolute Gasteiger partial charge is 0.0802 e. The average molecular weight is 211 g/mol. The fourth-order valence-corrected chi connectivity index (χ4v) is 3.71. The van der Waals surface area contributed by atoms with Crippen molar-refractivity contribution >= 4 is 0 Å². The van der Waals surface area contributed by atoms with Crippen LogP contribution in [0, 0.1) is 5.92 Å². The second-order valence-corrected chi connectivity index (χ2v) is 5.48. The van der Waals surface area contributed by atoms with E-state index in [-0.39, 0.29) is 0 Å². The van der Waals surface area contributed by atoms with Gasteiger partial charge in [-0.05, 0) is 38.6 Å². The molecule has 0 saturated heterocycles. The molecule has 2 nitrogen and oxygen atoms in total. The molecule has 2 aliphatic rings. The highest BCUT2D eigenvalue weighted by molar-refractivity contribution is 4.98. The molecular weight excluding hydrogens is 186 g/mol. The molecule has 0 amide bonds. The minimum absolute atomic E-state index is 0.347. The van der Waals surface area contributed by atoms with Gasteiger partial charge in [0, 0.05) is 6.04 Å². The minimum Gasteiger partial charge on any atom is -0.388 e. The fourth-order valence-electron chi connectivity index (χ4n) is 3.71. The summed E-state index contributed by atoms with van der Waals surface area (Å²) in [4.78, 5) is 0. The highest BCUT2D eigenvalue weighted by Crippen LogP contribution is 2.39. The Kier molecular flexibility index (Phi) is 3.68. The van der Waals surface area contributed by atoms with Crippen molar-refractivity contribution in [3.63, 3.8) is 0 Å². The highest BCUT2D eigenvalue weighted by atomic mass is 16.3. The molecule has 0 unspecified atom stereocenters. The third-order valence-electron chi connectivity index (χ3n) is 4.48. The molecule has 0 bridgehead atoms. The monoisotopic (exact) mass is 211 g/mol. The molecule has 88 valence electrons. The first-order chi connectivity index (χ1) is 7.26. The van der Waals surface area contributed by atoms with Gasteiger partial charge in [0.15, 0.2) is 0 Å². The molecule has 2 heteroatoms. The van der Waals surface area contributed by atoms with Crippen LogP contribution in [0.5, 0.6) is 0 Å². The molecule has 0 radical (unpaired) electrons. The van der Waals surface area contributed by atoms with E-state index in [2.05, 4.69) is 5.32 Å². The lowest BCUT2D eigenvalue weighted by atomic mass is 9.76. The predicted molar refractivity (Wildman–Crippen MR) is 62.8 cm³/mol. The van der Waals surface area contributed by atoms with Crippen molar-refractivity contribution in [2.75, 3.05) is 7.05 Å². The first kappa shape index (κ1) is 11.4. The van der Waals surface area contributed by atoms with Gasteiger partial charge in [0.25, 0.3) is 0 Å². The first-order valence-electron chi connectivity index (χ1n) is 6.66. The van der Waals surface area contributed by atoms with Crippen molar-refractivity contribution < 1.29 is 5.11 Å². The number of hydrogen-bond acceptors (Lipinski definition) is 2. The van der Waals surface area contributed by atoms with Gasteiger partial charge in [0.2, 0.25) is 0 Å². The van der Waals surface area contributed by atoms with Crippen molar-refractivity contribution in [2.45, 2.75) is 69.4 Å². The molecule has 0 aliphatic heterocycles. The molecule has 0 aromatic rings. The average Bonchev–Trinajstić information content (AvgIpc) is 2.68. The van der Waals surface area contributed by atoms with E-state index in [1.807, 2.05) is 7.05 Å². The van der Waals surface area contributed by atoms with Crippen molar-refractivity contribution in [3.05, 3.63) is 0 Å². The second kappa shape index (κ2) is 4.84. The third-order valence-corrected chi connectivity index (χ3v) is 4.48. The topological polar surface area (TPSA) is 32.3 Å². The summed E-state index contributed by atoms with van der Waals surface area (Å²) in [7, 11) is 2.02. The highest BCUT2D eigenvalue weighted by Gasteiger charge is 2.42. The first-order valence-corrected chi connectivity index (χ1v) is 6.66. The number of likely N-dealkylation sites (N-methyl/N-ethyl adjacent to an activating group) is 1. The van der Waals surface area contributed by atoms with Gasteiger partial charge in [-0.1, -0.05) is 32.1 Å². The lowest BCUT2D eigenvalue weighted by Gasteiger charge is -2.39. The lowest BCUT2D eigenvalue weighted by Crippen LogP contribution is -2.52. The predicted octanol–water partition coefficient (Wildman–Crippen LogP) is 2.46. The molecule has 2 fully saturated rings. The fraction of sp³-hybridized carbons (Fsp3) is 1.00. The minimum atomic E-state index is -0.392. The van der Waals surface area contributed by atoms with Crippen LogP contribution in [0.4, 0.5) is 0 Å². The summed E-state index contributed by atoms with van der Waals surface area (Å²) in [6, 6.07) is 0.347. The van der Waals surface area contributed by atoms with Crippen LogP contribution in [0.2, 0.25) is 0 Å². The largest absolute Gasteiger partial charge is 0.388 e. The number of nitrogens with one attached hydrogen (secondary N) is 1. The van der Waals surface area contributed by atoms with Gasteiger partial charge >= 0.3 is 0 Å². The standard InChI is InChI=1S/C13H25NO/c1-14-12(11-7-3-2-4-8-11)13(15)9-5-6-10-13/h11-12,14-15H,2-10H2,1H3/t12-/m0/s1. The summed E-state index contributed by atoms with van der Waals surface area (Å²) >= 11 is 0. The van der Waals surface area contributed by atoms with Crippen LogP contribution in [0.25, 0.3) is 0 Å². The molecular formula is C13H25NO. The van der Waals surface area contributed by atoms with Crippen molar-refractivity contribution in [3.8, 4) is 0 Å². The van der Waals surface area contributed by atoms with Gasteiger partial charge < -0.3 is 10.4 Å². The molecule has 2 rings (SSSR count). The summed E-state index contributed by atoms with van der Waals surface area (Å²) in [6.07, 6.45) is 11.2. The van der Waals surface area contributed by atoms with E-state index < -0.39 is 5.60 Å². The zero-order chi connectivity index (χ0) is 10.7. The third kappa shape index (κ3) is 2.36. The quantitative estimate of drug-likeness (QED) is 0.751. The molecule has 2 aliphatic carbocycles. The van der Waals surface area contributed by atoms with Gasteiger partial charge in [-0.15, -0.1) is 0 Å². The van der Waals surface area contributed by atoms with Crippen LogP contribution in [-0.2, 0) is 0 Å². The zero-order valence-electron chi connectivity index (χ0n) is 9.97. The second-order valence-electron chi connectivity index (χ2n) is 5.48. The van der Waals surface area contributed by atoms with Crippen LogP contribution >= 0.6 is 0 Å². The van der Waals surface area contributed by atoms with Crippen LogP contribution < -0.4 is 5.32 Å². The maximum atomic E-state index is 10.6. The van der Waals surface area contributed by atoms with Gasteiger partial charge in [-0.25, -0.2) is 0 Å². The van der Waals surface area contributed by atoms with Crippen molar-refractivity contribution in [2.24, 2.45) is 5.92 Å². The Morgan fingerprint density at radius 1 is 1.07 bits per heavy atom. The van der Waals surface area contributed by atoms with Crippen molar-refractivity contribution in [1.82, 2.24) is 5.32 Å². The summed E-state index contributed by atoms with van der Waals surface area (Å²) < 4.78 is 0. The molecule has 2 N–H and O–H groups in total. The molecule has 2 saturated carbocycles. The number of rotatable bonds is 3. The molecule has 0 aromatic heterocycles. The van der Waals surface area contributed by atoms with E-state index in [1.165, 1.54) is 44.9 Å². The molecule has 0 spiro atoms. The summed E-state index contributed by atoms with van der Waals surface area (Å²) in [6.45, 7) is 0. The van der Waals surface area contributed by atoms with Crippen LogP contribution in [-0.4, -0.2) is 23.8 Å². The summed E-state index contributed by atoms with van der Waals surface area (Å²) in [5.41, 5.74) is -0.392. The maximum Gasteiger partial charge on any atom is 0.0802 e. The van der Waals surface area contributed by atoms with Gasteiger partial charge in [-0.3, -0.25) is 0 Å².